The molecule has 0 spiro atoms. The van der Waals surface area contributed by atoms with Crippen molar-refractivity contribution in [2.24, 2.45) is 10.5 Å². The minimum atomic E-state index is -0.182. The Labute approximate surface area is 72.6 Å². The van der Waals surface area contributed by atoms with Gasteiger partial charge >= 0.3 is 0 Å². The summed E-state index contributed by atoms with van der Waals surface area (Å²) < 4.78 is 0. The molecule has 4 nitrogen and oxygen atoms in total. The van der Waals surface area contributed by atoms with Gasteiger partial charge in [-0.3, -0.25) is 10.2 Å². The quantitative estimate of drug-likeness (QED) is 0.570. The lowest BCUT2D eigenvalue weighted by atomic mass is 9.89. The molecule has 0 aliphatic carbocycles. The second kappa shape index (κ2) is 2.77. The van der Waals surface area contributed by atoms with Crippen LogP contribution in [-0.4, -0.2) is 30.2 Å². The van der Waals surface area contributed by atoms with Gasteiger partial charge in [0, 0.05) is 12.5 Å². The Morgan fingerprint density at radius 1 is 1.50 bits per heavy atom. The molecule has 0 aromatic heterocycles. The van der Waals surface area contributed by atoms with E-state index >= 15 is 0 Å². The normalized spacial score (nSPS) is 18.8. The summed E-state index contributed by atoms with van der Waals surface area (Å²) in [5, 5.41) is 4.01. The third-order valence-corrected chi connectivity index (χ3v) is 1.76. The van der Waals surface area contributed by atoms with Gasteiger partial charge in [0.1, 0.15) is 12.4 Å². The van der Waals surface area contributed by atoms with Gasteiger partial charge in [-0.05, 0) is 0 Å². The summed E-state index contributed by atoms with van der Waals surface area (Å²) in [7, 11) is 1.76. The molecule has 1 rings (SSSR count). The molecule has 0 aromatic carbocycles. The number of nitrogens with zero attached hydrogens (tertiary/aromatic N) is 2. The average Bonchev–Trinajstić information content (AvgIpc) is 1.92. The molecule has 1 aliphatic rings. The van der Waals surface area contributed by atoms with E-state index in [9.17, 15) is 4.79 Å². The van der Waals surface area contributed by atoms with Crippen molar-refractivity contribution in [2.75, 3.05) is 13.7 Å². The predicted molar refractivity (Wildman–Crippen MR) is 47.7 cm³/mol. The average molecular weight is 169 g/mol. The summed E-state index contributed by atoms with van der Waals surface area (Å²) in [6.45, 7) is 6.43. The molecular formula is C8H15N3O. The molecule has 0 saturated heterocycles. The Morgan fingerprint density at radius 2 is 2.08 bits per heavy atom. The van der Waals surface area contributed by atoms with Crippen LogP contribution in [0.3, 0.4) is 0 Å². The summed E-state index contributed by atoms with van der Waals surface area (Å²) in [5.74, 6) is 0.0150. The highest BCUT2D eigenvalue weighted by Crippen LogP contribution is 2.18. The lowest BCUT2D eigenvalue weighted by Crippen LogP contribution is -2.48. The van der Waals surface area contributed by atoms with Crippen LogP contribution >= 0.6 is 0 Å². The van der Waals surface area contributed by atoms with E-state index < -0.39 is 0 Å². The molecule has 0 bridgehead atoms. The van der Waals surface area contributed by atoms with Crippen LogP contribution in [0, 0.1) is 5.41 Å². The Bertz CT molecular complexity index is 227. The first-order valence-corrected chi connectivity index (χ1v) is 3.99. The molecule has 0 unspecified atom stereocenters. The second-order valence-corrected chi connectivity index (χ2v) is 4.03. The van der Waals surface area contributed by atoms with Crippen LogP contribution in [0.15, 0.2) is 5.10 Å². The fourth-order valence-electron chi connectivity index (χ4n) is 1.01. The second-order valence-electron chi connectivity index (χ2n) is 4.03. The van der Waals surface area contributed by atoms with Crippen molar-refractivity contribution >= 4 is 11.6 Å². The van der Waals surface area contributed by atoms with Crippen molar-refractivity contribution in [2.45, 2.75) is 20.8 Å². The number of carbonyl (C=O) groups is 1. The maximum absolute atomic E-state index is 11.5. The fourth-order valence-corrected chi connectivity index (χ4v) is 1.01. The zero-order valence-corrected chi connectivity index (χ0v) is 8.01. The number of hydrogen-bond acceptors (Lipinski definition) is 3. The Balaban J connectivity index is 2.90. The maximum atomic E-state index is 11.5. The standard InChI is InChI=1S/C8H15N3O/c1-8(2,3)6-7(12)11(4)5-9-10-6/h9H,5H2,1-4H3. The highest BCUT2D eigenvalue weighted by atomic mass is 16.2. The number of hydrazone groups is 1. The number of nitrogens with one attached hydrogen (secondary N) is 1. The zero-order valence-electron chi connectivity index (χ0n) is 8.01. The van der Waals surface area contributed by atoms with Crippen LogP contribution in [0.2, 0.25) is 0 Å². The number of amides is 1. The summed E-state index contributed by atoms with van der Waals surface area (Å²) in [5.41, 5.74) is 3.23. The van der Waals surface area contributed by atoms with Gasteiger partial charge in [-0.25, -0.2) is 0 Å². The Kier molecular flexibility index (Phi) is 2.08. The van der Waals surface area contributed by atoms with Crippen LogP contribution < -0.4 is 5.43 Å². The van der Waals surface area contributed by atoms with Crippen molar-refractivity contribution in [3.63, 3.8) is 0 Å². The first kappa shape index (κ1) is 9.03. The monoisotopic (exact) mass is 169 g/mol. The summed E-state index contributed by atoms with van der Waals surface area (Å²) in [6, 6.07) is 0. The van der Waals surface area contributed by atoms with Crippen molar-refractivity contribution < 1.29 is 4.79 Å². The molecule has 0 atom stereocenters. The van der Waals surface area contributed by atoms with Gasteiger partial charge in [0.2, 0.25) is 0 Å². The van der Waals surface area contributed by atoms with Crippen molar-refractivity contribution in [3.05, 3.63) is 0 Å². The fraction of sp³-hybridized carbons (Fsp3) is 0.750. The first-order chi connectivity index (χ1) is 5.43. The molecule has 4 heteroatoms. The van der Waals surface area contributed by atoms with Crippen LogP contribution in [0.4, 0.5) is 0 Å². The van der Waals surface area contributed by atoms with Gasteiger partial charge in [-0.15, -0.1) is 0 Å². The van der Waals surface area contributed by atoms with E-state index in [4.69, 9.17) is 0 Å². The lowest BCUT2D eigenvalue weighted by molar-refractivity contribution is -0.124. The molecule has 12 heavy (non-hydrogen) atoms. The Morgan fingerprint density at radius 3 is 2.50 bits per heavy atom. The molecular weight excluding hydrogens is 154 g/mol. The van der Waals surface area contributed by atoms with E-state index in [1.807, 2.05) is 20.8 Å². The Hall–Kier alpha value is -1.06. The van der Waals surface area contributed by atoms with Crippen molar-refractivity contribution in [1.82, 2.24) is 10.3 Å². The molecule has 1 amide bonds. The number of rotatable bonds is 0. The van der Waals surface area contributed by atoms with E-state index in [2.05, 4.69) is 10.5 Å². The van der Waals surface area contributed by atoms with Crippen LogP contribution in [-0.2, 0) is 4.79 Å². The lowest BCUT2D eigenvalue weighted by Gasteiger charge is -2.29. The summed E-state index contributed by atoms with van der Waals surface area (Å²) in [4.78, 5) is 13.1. The van der Waals surface area contributed by atoms with Gasteiger partial charge in [0.25, 0.3) is 5.91 Å². The molecule has 1 heterocycles. The third kappa shape index (κ3) is 1.57. The molecule has 0 radical (unpaired) electrons. The molecule has 0 fully saturated rings. The zero-order chi connectivity index (χ0) is 9.35. The van der Waals surface area contributed by atoms with Gasteiger partial charge in [-0.1, -0.05) is 20.8 Å². The third-order valence-electron chi connectivity index (χ3n) is 1.76. The number of carbonyl (C=O) groups excluding carboxylic acids is 1. The predicted octanol–water partition coefficient (Wildman–Crippen LogP) is 0.408. The largest absolute Gasteiger partial charge is 0.322 e. The highest BCUT2D eigenvalue weighted by molar-refractivity contribution is 6.40. The van der Waals surface area contributed by atoms with Crippen molar-refractivity contribution in [1.29, 1.82) is 0 Å². The van der Waals surface area contributed by atoms with Crippen LogP contribution in [0.5, 0.6) is 0 Å². The summed E-state index contributed by atoms with van der Waals surface area (Å²) >= 11 is 0. The van der Waals surface area contributed by atoms with Gasteiger partial charge in [0.05, 0.1) is 0 Å². The molecule has 1 aliphatic heterocycles. The van der Waals surface area contributed by atoms with E-state index in [0.717, 1.165) is 0 Å². The molecule has 0 aromatic rings. The van der Waals surface area contributed by atoms with E-state index in [-0.39, 0.29) is 11.3 Å². The summed E-state index contributed by atoms with van der Waals surface area (Å²) in [6.07, 6.45) is 0. The van der Waals surface area contributed by atoms with Gasteiger partial charge in [-0.2, -0.15) is 5.10 Å². The smallest absolute Gasteiger partial charge is 0.271 e. The molecule has 0 saturated carbocycles. The SMILES string of the molecule is CN1CNN=C(C(C)(C)C)C1=O. The van der Waals surface area contributed by atoms with Gasteiger partial charge in [0.15, 0.2) is 0 Å². The molecule has 68 valence electrons. The highest BCUT2D eigenvalue weighted by Gasteiger charge is 2.30. The van der Waals surface area contributed by atoms with Crippen LogP contribution in [0.1, 0.15) is 20.8 Å². The van der Waals surface area contributed by atoms with Crippen LogP contribution in [0.25, 0.3) is 0 Å². The first-order valence-electron chi connectivity index (χ1n) is 3.99. The number of hydrogen-bond donors (Lipinski definition) is 1. The van der Waals surface area contributed by atoms with E-state index in [0.29, 0.717) is 12.4 Å². The molecule has 1 N–H and O–H groups in total. The van der Waals surface area contributed by atoms with Gasteiger partial charge < -0.3 is 4.90 Å². The van der Waals surface area contributed by atoms with Crippen molar-refractivity contribution in [3.8, 4) is 0 Å². The minimum absolute atomic E-state index is 0.0150. The maximum Gasteiger partial charge on any atom is 0.271 e. The van der Waals surface area contributed by atoms with E-state index in [1.54, 1.807) is 11.9 Å². The topological polar surface area (TPSA) is 44.7 Å². The minimum Gasteiger partial charge on any atom is -0.322 e. The van der Waals surface area contributed by atoms with E-state index in [1.165, 1.54) is 0 Å².